The van der Waals surface area contributed by atoms with Gasteiger partial charge in [0.05, 0.1) is 19.8 Å². The molecule has 0 unspecified atom stereocenters. The van der Waals surface area contributed by atoms with Crippen molar-refractivity contribution in [3.8, 4) is 0 Å². The number of carbonyl (C=O) groups excluding carboxylic acids is 1. The van der Waals surface area contributed by atoms with Crippen LogP contribution >= 0.6 is 52.8 Å². The Morgan fingerprint density at radius 2 is 1.03 bits per heavy atom. The number of hydrogen-bond acceptors (Lipinski definition) is 5. The molecule has 0 aromatic rings. The Kier molecular flexibility index (Phi) is 22.1. The maximum atomic E-state index is 14.0. The zero-order valence-corrected chi connectivity index (χ0v) is 25.9. The van der Waals surface area contributed by atoms with Crippen molar-refractivity contribution in [1.82, 2.24) is 0 Å². The van der Waals surface area contributed by atoms with E-state index >= 15 is 0 Å². The van der Waals surface area contributed by atoms with Crippen molar-refractivity contribution < 1.29 is 23.1 Å². The lowest BCUT2D eigenvalue weighted by molar-refractivity contribution is -0.147. The lowest BCUT2D eigenvalue weighted by Gasteiger charge is -2.37. The molecule has 0 N–H and O–H groups in total. The summed E-state index contributed by atoms with van der Waals surface area (Å²) in [6, 6.07) is 0. The van der Waals surface area contributed by atoms with Gasteiger partial charge in [-0.05, 0) is 55.3 Å². The van der Waals surface area contributed by atoms with Crippen LogP contribution in [0.25, 0.3) is 0 Å². The number of ether oxygens (including phenoxy) is 1. The Labute approximate surface area is 225 Å². The topological polar surface area (TPSA) is 61.8 Å². The lowest BCUT2D eigenvalue weighted by atomic mass is 9.93. The summed E-state index contributed by atoms with van der Waals surface area (Å²) in [7, 11) is -3.66. The van der Waals surface area contributed by atoms with Crippen LogP contribution in [-0.2, 0) is 23.1 Å². The Hall–Kier alpha value is 1.08. The first kappa shape index (κ1) is 33.1. The molecule has 0 atom stereocenters. The third-order valence-electron chi connectivity index (χ3n) is 5.73. The van der Waals surface area contributed by atoms with Gasteiger partial charge < -0.3 is 13.8 Å². The van der Waals surface area contributed by atoms with Crippen molar-refractivity contribution in [3.05, 3.63) is 0 Å². The van der Waals surface area contributed by atoms with Crippen LogP contribution in [-0.4, -0.2) is 39.8 Å². The van der Waals surface area contributed by atoms with Crippen LogP contribution in [0.2, 0.25) is 0 Å². The molecule has 0 amide bonds. The minimum absolute atomic E-state index is 0.255. The average Bonchev–Trinajstić information content (AvgIpc) is 2.76. The lowest BCUT2D eigenvalue weighted by Crippen LogP contribution is -2.41. The molecule has 8 heteroatoms. The molecule has 0 fully saturated rings. The fourth-order valence-electron chi connectivity index (χ4n) is 4.04. The van der Waals surface area contributed by atoms with Gasteiger partial charge in [0.2, 0.25) is 0 Å². The van der Waals surface area contributed by atoms with Gasteiger partial charge in [-0.3, -0.25) is 9.36 Å². The predicted molar refractivity (Wildman–Crippen MR) is 153 cm³/mol. The highest BCUT2D eigenvalue weighted by molar-refractivity contribution is 14.1. The van der Waals surface area contributed by atoms with Crippen molar-refractivity contribution in [2.75, 3.05) is 28.7 Å². The number of esters is 1. The summed E-state index contributed by atoms with van der Waals surface area (Å²) in [6.07, 6.45) is 14.4. The van der Waals surface area contributed by atoms with Gasteiger partial charge in [-0.2, -0.15) is 0 Å². The van der Waals surface area contributed by atoms with Crippen LogP contribution in [0.1, 0.15) is 111 Å². The quantitative estimate of drug-likeness (QED) is 0.0351. The van der Waals surface area contributed by atoms with Gasteiger partial charge in [0, 0.05) is 0 Å². The molecule has 0 aliphatic heterocycles. The molecule has 0 heterocycles. The molecule has 0 radical (unpaired) electrons. The number of unbranched alkanes of at least 4 members (excludes halogenated alkanes) is 10. The summed E-state index contributed by atoms with van der Waals surface area (Å²) < 4.78 is 33.4. The van der Waals surface area contributed by atoms with Crippen LogP contribution in [0.15, 0.2) is 0 Å². The molecule has 0 rings (SSSR count). The van der Waals surface area contributed by atoms with Gasteiger partial charge in [0.25, 0.3) is 0 Å². The Balaban J connectivity index is 5.37. The molecule has 0 aliphatic carbocycles. The molecular weight excluding hydrogens is 653 g/mol. The number of hydrogen-bond donors (Lipinski definition) is 0. The number of halogens is 2. The Morgan fingerprint density at radius 3 is 1.38 bits per heavy atom. The first-order valence-corrected chi connectivity index (χ1v) is 17.3. The van der Waals surface area contributed by atoms with E-state index in [-0.39, 0.29) is 19.8 Å². The second kappa shape index (κ2) is 21.4. The molecular formula is C24H47I2O5P. The van der Waals surface area contributed by atoms with E-state index < -0.39 is 18.7 Å². The van der Waals surface area contributed by atoms with Gasteiger partial charge in [-0.15, -0.1) is 0 Å². The summed E-state index contributed by atoms with van der Waals surface area (Å²) in [6.45, 7) is 6.19. The van der Waals surface area contributed by atoms with Gasteiger partial charge >= 0.3 is 13.6 Å². The first-order chi connectivity index (χ1) is 15.5. The summed E-state index contributed by atoms with van der Waals surface area (Å²) >= 11 is 4.84. The summed E-state index contributed by atoms with van der Waals surface area (Å²) in [5.74, 6) is -0.403. The summed E-state index contributed by atoms with van der Waals surface area (Å²) in [5.41, 5.74) is 0. The van der Waals surface area contributed by atoms with Gasteiger partial charge in [0.15, 0.2) is 5.16 Å². The highest BCUT2D eigenvalue weighted by Gasteiger charge is 2.56. The minimum Gasteiger partial charge on any atom is -0.465 e. The van der Waals surface area contributed by atoms with Crippen LogP contribution in [0.3, 0.4) is 0 Å². The number of rotatable bonds is 23. The molecule has 192 valence electrons. The van der Waals surface area contributed by atoms with Crippen molar-refractivity contribution in [3.63, 3.8) is 0 Å². The normalized spacial score (nSPS) is 12.3. The monoisotopic (exact) mass is 700 g/mol. The second-order valence-electron chi connectivity index (χ2n) is 8.21. The Morgan fingerprint density at radius 1 is 0.656 bits per heavy atom. The standard InChI is InChI=1S/C24H47I2O5P/c1-4-29-23(27)24(32(28,30-5-2)31-6-3,19-15-11-7-9-13-17-21-25)20-16-12-8-10-14-18-22-26/h4-22H2,1-3H3. The van der Waals surface area contributed by atoms with E-state index in [1.54, 1.807) is 6.92 Å². The van der Waals surface area contributed by atoms with E-state index in [9.17, 15) is 9.36 Å². The zero-order chi connectivity index (χ0) is 24.1. The van der Waals surface area contributed by atoms with Crippen molar-refractivity contribution >= 4 is 58.7 Å². The first-order valence-electron chi connectivity index (χ1n) is 12.7. The van der Waals surface area contributed by atoms with E-state index in [4.69, 9.17) is 13.8 Å². The van der Waals surface area contributed by atoms with E-state index in [0.717, 1.165) is 38.5 Å². The van der Waals surface area contributed by atoms with Gasteiger partial charge in [-0.1, -0.05) is 109 Å². The third-order valence-corrected chi connectivity index (χ3v) is 10.1. The SMILES string of the molecule is CCOC(=O)C(CCCCCCCCI)(CCCCCCCCI)P(=O)(OCC)OCC. The fraction of sp³-hybridized carbons (Fsp3) is 0.958. The molecule has 0 saturated heterocycles. The van der Waals surface area contributed by atoms with Crippen molar-refractivity contribution in [1.29, 1.82) is 0 Å². The molecule has 5 nitrogen and oxygen atoms in total. The van der Waals surface area contributed by atoms with Crippen LogP contribution < -0.4 is 0 Å². The van der Waals surface area contributed by atoms with E-state index in [2.05, 4.69) is 45.2 Å². The number of alkyl halides is 2. The summed E-state index contributed by atoms with van der Waals surface area (Å²) in [4.78, 5) is 13.3. The zero-order valence-electron chi connectivity index (χ0n) is 20.7. The molecule has 32 heavy (non-hydrogen) atoms. The molecule has 0 aromatic carbocycles. The molecule has 0 spiro atoms. The average molecular weight is 700 g/mol. The summed E-state index contributed by atoms with van der Waals surface area (Å²) in [5, 5.41) is -1.19. The number of carbonyl (C=O) groups is 1. The highest BCUT2D eigenvalue weighted by Crippen LogP contribution is 2.64. The van der Waals surface area contributed by atoms with Gasteiger partial charge in [0.1, 0.15) is 0 Å². The van der Waals surface area contributed by atoms with Crippen LogP contribution in [0.4, 0.5) is 0 Å². The van der Waals surface area contributed by atoms with Crippen molar-refractivity contribution in [2.45, 2.75) is 116 Å². The molecule has 0 aromatic heterocycles. The molecule has 0 bridgehead atoms. The maximum Gasteiger partial charge on any atom is 0.347 e. The van der Waals surface area contributed by atoms with Gasteiger partial charge in [-0.25, -0.2) is 0 Å². The maximum absolute atomic E-state index is 14.0. The fourth-order valence-corrected chi connectivity index (χ4v) is 7.52. The van der Waals surface area contributed by atoms with E-state index in [0.29, 0.717) is 12.8 Å². The minimum atomic E-state index is -3.66. The molecule has 0 aliphatic rings. The molecule has 0 saturated carbocycles. The van der Waals surface area contributed by atoms with E-state index in [1.807, 2.05) is 13.8 Å². The largest absolute Gasteiger partial charge is 0.465 e. The smallest absolute Gasteiger partial charge is 0.347 e. The van der Waals surface area contributed by atoms with Crippen molar-refractivity contribution in [2.24, 2.45) is 0 Å². The van der Waals surface area contributed by atoms with E-state index in [1.165, 1.54) is 47.4 Å². The highest BCUT2D eigenvalue weighted by atomic mass is 127. The predicted octanol–water partition coefficient (Wildman–Crippen LogP) is 8.89. The second-order valence-corrected chi connectivity index (χ2v) is 12.7. The third kappa shape index (κ3) is 12.7. The Bertz CT molecular complexity index is 477. The van der Waals surface area contributed by atoms with Crippen LogP contribution in [0.5, 0.6) is 0 Å². The van der Waals surface area contributed by atoms with Crippen LogP contribution in [0, 0.1) is 0 Å².